The molecule has 1 aromatic heterocycles. The molecule has 0 radical (unpaired) electrons. The monoisotopic (exact) mass is 221 g/mol. The quantitative estimate of drug-likeness (QED) is 0.819. The van der Waals surface area contributed by atoms with E-state index in [2.05, 4.69) is 29.8 Å². The van der Waals surface area contributed by atoms with Crippen LogP contribution in [-0.2, 0) is 0 Å². The van der Waals surface area contributed by atoms with Crippen molar-refractivity contribution in [2.45, 2.75) is 44.7 Å². The molecule has 3 rings (SSSR count). The topological polar surface area (TPSA) is 12.0 Å². The predicted octanol–water partition coefficient (Wildman–Crippen LogP) is 3.59. The van der Waals surface area contributed by atoms with Crippen molar-refractivity contribution >= 4 is 11.3 Å². The van der Waals surface area contributed by atoms with Gasteiger partial charge in [-0.2, -0.15) is 0 Å². The Morgan fingerprint density at radius 2 is 2.20 bits per heavy atom. The van der Waals surface area contributed by atoms with Gasteiger partial charge in [-0.3, -0.25) is 0 Å². The summed E-state index contributed by atoms with van der Waals surface area (Å²) in [6.07, 6.45) is 5.62. The van der Waals surface area contributed by atoms with Crippen molar-refractivity contribution in [2.75, 3.05) is 0 Å². The molecule has 1 aromatic rings. The normalized spacial score (nSPS) is 32.3. The summed E-state index contributed by atoms with van der Waals surface area (Å²) in [6, 6.07) is 5.94. The van der Waals surface area contributed by atoms with Crippen LogP contribution < -0.4 is 5.32 Å². The highest BCUT2D eigenvalue weighted by Crippen LogP contribution is 2.43. The predicted molar refractivity (Wildman–Crippen MR) is 65.1 cm³/mol. The van der Waals surface area contributed by atoms with E-state index in [-0.39, 0.29) is 0 Å². The maximum atomic E-state index is 3.86. The van der Waals surface area contributed by atoms with Gasteiger partial charge in [0.2, 0.25) is 0 Å². The van der Waals surface area contributed by atoms with Gasteiger partial charge in [-0.1, -0.05) is 13.0 Å². The summed E-state index contributed by atoms with van der Waals surface area (Å²) in [4.78, 5) is 1.55. The number of rotatable bonds is 4. The Balaban J connectivity index is 1.64. The van der Waals surface area contributed by atoms with Gasteiger partial charge in [-0.25, -0.2) is 0 Å². The molecule has 2 saturated carbocycles. The largest absolute Gasteiger partial charge is 0.306 e. The van der Waals surface area contributed by atoms with Gasteiger partial charge in [0.1, 0.15) is 0 Å². The highest BCUT2D eigenvalue weighted by molar-refractivity contribution is 7.10. The van der Waals surface area contributed by atoms with E-state index in [1.54, 1.807) is 4.88 Å². The molecule has 0 amide bonds. The lowest BCUT2D eigenvalue weighted by atomic mass is 9.81. The summed E-state index contributed by atoms with van der Waals surface area (Å²) in [5.74, 6) is 1.88. The van der Waals surface area contributed by atoms with E-state index in [0.29, 0.717) is 6.04 Å². The molecule has 0 aromatic carbocycles. The number of hydrogen-bond donors (Lipinski definition) is 1. The fraction of sp³-hybridized carbons (Fsp3) is 0.692. The third kappa shape index (κ3) is 2.11. The minimum atomic E-state index is 0.669. The Kier molecular flexibility index (Phi) is 2.57. The smallest absolute Gasteiger partial charge is 0.0445 e. The summed E-state index contributed by atoms with van der Waals surface area (Å²) in [5, 5.41) is 6.06. The standard InChI is InChI=1S/C13H19NS/c1-9-7-11(8-9)14-13(10-4-5-10)12-3-2-6-15-12/h2-3,6,9-11,13-14H,4-5,7-8H2,1H3. The minimum Gasteiger partial charge on any atom is -0.306 e. The molecule has 2 aliphatic rings. The van der Waals surface area contributed by atoms with Crippen LogP contribution in [0.25, 0.3) is 0 Å². The zero-order chi connectivity index (χ0) is 10.3. The molecule has 2 fully saturated rings. The van der Waals surface area contributed by atoms with Gasteiger partial charge in [-0.05, 0) is 49.0 Å². The van der Waals surface area contributed by atoms with E-state index in [0.717, 1.165) is 17.9 Å². The van der Waals surface area contributed by atoms with E-state index in [1.807, 2.05) is 11.3 Å². The van der Waals surface area contributed by atoms with Crippen LogP contribution in [0.1, 0.15) is 43.5 Å². The van der Waals surface area contributed by atoms with Crippen LogP contribution in [0.15, 0.2) is 17.5 Å². The third-order valence-electron chi connectivity index (χ3n) is 3.73. The van der Waals surface area contributed by atoms with Crippen LogP contribution in [0.5, 0.6) is 0 Å². The van der Waals surface area contributed by atoms with Gasteiger partial charge >= 0.3 is 0 Å². The molecular weight excluding hydrogens is 202 g/mol. The van der Waals surface area contributed by atoms with E-state index in [9.17, 15) is 0 Å². The Morgan fingerprint density at radius 1 is 1.40 bits per heavy atom. The molecule has 0 aliphatic heterocycles. The third-order valence-corrected chi connectivity index (χ3v) is 4.69. The maximum Gasteiger partial charge on any atom is 0.0445 e. The molecule has 82 valence electrons. The van der Waals surface area contributed by atoms with Crippen LogP contribution in [-0.4, -0.2) is 6.04 Å². The second kappa shape index (κ2) is 3.91. The van der Waals surface area contributed by atoms with Crippen molar-refractivity contribution in [3.63, 3.8) is 0 Å². The van der Waals surface area contributed by atoms with Crippen LogP contribution in [0.4, 0.5) is 0 Å². The first-order chi connectivity index (χ1) is 7.33. The molecule has 0 spiro atoms. The lowest BCUT2D eigenvalue weighted by Gasteiger charge is -2.36. The van der Waals surface area contributed by atoms with Gasteiger partial charge < -0.3 is 5.32 Å². The first-order valence-electron chi connectivity index (χ1n) is 6.12. The molecule has 2 aliphatic carbocycles. The van der Waals surface area contributed by atoms with Gasteiger partial charge in [0.15, 0.2) is 0 Å². The second-order valence-corrected chi connectivity index (χ2v) is 6.25. The van der Waals surface area contributed by atoms with Crippen molar-refractivity contribution in [3.8, 4) is 0 Å². The summed E-state index contributed by atoms with van der Waals surface area (Å²) in [5.41, 5.74) is 0. The highest BCUT2D eigenvalue weighted by atomic mass is 32.1. The average molecular weight is 221 g/mol. The second-order valence-electron chi connectivity index (χ2n) is 5.27. The average Bonchev–Trinajstić information content (AvgIpc) is 2.86. The highest BCUT2D eigenvalue weighted by Gasteiger charge is 2.36. The van der Waals surface area contributed by atoms with Crippen molar-refractivity contribution in [1.29, 1.82) is 0 Å². The zero-order valence-corrected chi connectivity index (χ0v) is 10.1. The van der Waals surface area contributed by atoms with Crippen molar-refractivity contribution < 1.29 is 0 Å². The fourth-order valence-electron chi connectivity index (χ4n) is 2.64. The summed E-state index contributed by atoms with van der Waals surface area (Å²) in [7, 11) is 0. The Hall–Kier alpha value is -0.340. The molecule has 2 heteroatoms. The van der Waals surface area contributed by atoms with E-state index in [4.69, 9.17) is 0 Å². The van der Waals surface area contributed by atoms with Crippen molar-refractivity contribution in [2.24, 2.45) is 11.8 Å². The number of hydrogen-bond acceptors (Lipinski definition) is 2. The van der Waals surface area contributed by atoms with Gasteiger partial charge in [0.25, 0.3) is 0 Å². The van der Waals surface area contributed by atoms with Gasteiger partial charge in [0.05, 0.1) is 0 Å². The number of thiophene rings is 1. The van der Waals surface area contributed by atoms with Crippen LogP contribution >= 0.6 is 11.3 Å². The Labute approximate surface area is 95.9 Å². The molecule has 1 heterocycles. The summed E-state index contributed by atoms with van der Waals surface area (Å²) >= 11 is 1.91. The summed E-state index contributed by atoms with van der Waals surface area (Å²) in [6.45, 7) is 2.36. The summed E-state index contributed by atoms with van der Waals surface area (Å²) < 4.78 is 0. The molecule has 0 saturated heterocycles. The van der Waals surface area contributed by atoms with Crippen molar-refractivity contribution in [3.05, 3.63) is 22.4 Å². The molecule has 15 heavy (non-hydrogen) atoms. The first kappa shape index (κ1) is 9.86. The Bertz CT molecular complexity index is 309. The fourth-order valence-corrected chi connectivity index (χ4v) is 3.52. The molecular formula is C13H19NS. The van der Waals surface area contributed by atoms with Crippen molar-refractivity contribution in [1.82, 2.24) is 5.32 Å². The van der Waals surface area contributed by atoms with E-state index >= 15 is 0 Å². The van der Waals surface area contributed by atoms with Gasteiger partial charge in [-0.15, -0.1) is 11.3 Å². The Morgan fingerprint density at radius 3 is 2.73 bits per heavy atom. The van der Waals surface area contributed by atoms with E-state index in [1.165, 1.54) is 25.7 Å². The molecule has 1 atom stereocenters. The SMILES string of the molecule is CC1CC(NC(c2cccs2)C2CC2)C1. The maximum absolute atomic E-state index is 3.86. The zero-order valence-electron chi connectivity index (χ0n) is 9.28. The molecule has 0 bridgehead atoms. The minimum absolute atomic E-state index is 0.669. The van der Waals surface area contributed by atoms with Gasteiger partial charge in [0, 0.05) is 17.0 Å². The molecule has 1 N–H and O–H groups in total. The van der Waals surface area contributed by atoms with Crippen LogP contribution in [0.2, 0.25) is 0 Å². The first-order valence-corrected chi connectivity index (χ1v) is 7.00. The van der Waals surface area contributed by atoms with Crippen LogP contribution in [0.3, 0.4) is 0 Å². The van der Waals surface area contributed by atoms with E-state index < -0.39 is 0 Å². The van der Waals surface area contributed by atoms with Crippen LogP contribution in [0, 0.1) is 11.8 Å². The number of nitrogens with one attached hydrogen (secondary N) is 1. The molecule has 1 unspecified atom stereocenters. The lowest BCUT2D eigenvalue weighted by Crippen LogP contribution is -2.42. The molecule has 1 nitrogen and oxygen atoms in total. The lowest BCUT2D eigenvalue weighted by molar-refractivity contribution is 0.216.